The lowest BCUT2D eigenvalue weighted by Gasteiger charge is -2.22. The molecule has 3 N–H and O–H groups in total. The van der Waals surface area contributed by atoms with Crippen molar-refractivity contribution in [2.24, 2.45) is 0 Å². The van der Waals surface area contributed by atoms with E-state index >= 15 is 0 Å². The Morgan fingerprint density at radius 1 is 0.380 bits per heavy atom. The molecule has 0 aromatic heterocycles. The molecule has 0 aliphatic carbocycles. The van der Waals surface area contributed by atoms with Crippen molar-refractivity contribution in [1.82, 2.24) is 5.32 Å². The summed E-state index contributed by atoms with van der Waals surface area (Å²) in [5.41, 5.74) is 0. The van der Waals surface area contributed by atoms with Gasteiger partial charge in [-0.2, -0.15) is 0 Å². The highest BCUT2D eigenvalue weighted by Gasteiger charge is 2.20. The summed E-state index contributed by atoms with van der Waals surface area (Å²) in [5.74, 6) is -0.0226. The molecule has 0 bridgehead atoms. The number of carbonyl (C=O) groups is 2. The van der Waals surface area contributed by atoms with Crippen LogP contribution in [0.3, 0.4) is 0 Å². The van der Waals surface area contributed by atoms with Crippen LogP contribution in [-0.2, 0) is 14.3 Å². The minimum Gasteiger partial charge on any atom is -0.466 e. The third-order valence-corrected chi connectivity index (χ3v) is 15.3. The molecule has 6 heteroatoms. The summed E-state index contributed by atoms with van der Waals surface area (Å²) in [6.45, 7) is 4.98. The van der Waals surface area contributed by atoms with Crippen molar-refractivity contribution in [2.45, 2.75) is 379 Å². The number of allylic oxidation sites excluding steroid dienone is 2. The van der Waals surface area contributed by atoms with Gasteiger partial charge in [-0.15, -0.1) is 0 Å². The molecule has 1 amide bonds. The van der Waals surface area contributed by atoms with Gasteiger partial charge < -0.3 is 20.3 Å². The normalized spacial score (nSPS) is 12.6. The molecular formula is C65H127NO5. The van der Waals surface area contributed by atoms with E-state index in [4.69, 9.17) is 4.74 Å². The van der Waals surface area contributed by atoms with Gasteiger partial charge in [0.25, 0.3) is 0 Å². The van der Waals surface area contributed by atoms with Crippen LogP contribution in [0.4, 0.5) is 0 Å². The van der Waals surface area contributed by atoms with Gasteiger partial charge in [0.05, 0.1) is 25.4 Å². The number of aliphatic hydroxyl groups is 2. The van der Waals surface area contributed by atoms with Crippen molar-refractivity contribution in [1.29, 1.82) is 0 Å². The van der Waals surface area contributed by atoms with E-state index in [9.17, 15) is 19.8 Å². The molecule has 6 nitrogen and oxygen atoms in total. The Morgan fingerprint density at radius 2 is 0.662 bits per heavy atom. The third-order valence-electron chi connectivity index (χ3n) is 15.3. The highest BCUT2D eigenvalue weighted by molar-refractivity contribution is 5.76. The Kier molecular flexibility index (Phi) is 59.9. The van der Waals surface area contributed by atoms with E-state index in [0.717, 1.165) is 38.5 Å². The maximum absolute atomic E-state index is 12.5. The van der Waals surface area contributed by atoms with Crippen LogP contribution in [0, 0.1) is 0 Å². The van der Waals surface area contributed by atoms with Gasteiger partial charge in [-0.05, 0) is 51.4 Å². The largest absolute Gasteiger partial charge is 0.466 e. The monoisotopic (exact) mass is 1000 g/mol. The maximum atomic E-state index is 12.5. The van der Waals surface area contributed by atoms with Crippen LogP contribution in [0.5, 0.6) is 0 Å². The van der Waals surface area contributed by atoms with Crippen LogP contribution < -0.4 is 5.32 Å². The molecule has 422 valence electrons. The average molecular weight is 1000 g/mol. The Bertz CT molecular complexity index is 1060. The highest BCUT2D eigenvalue weighted by Crippen LogP contribution is 2.18. The van der Waals surface area contributed by atoms with E-state index in [1.54, 1.807) is 0 Å². The van der Waals surface area contributed by atoms with Crippen molar-refractivity contribution in [3.63, 3.8) is 0 Å². The lowest BCUT2D eigenvalue weighted by Crippen LogP contribution is -2.45. The van der Waals surface area contributed by atoms with Crippen LogP contribution >= 0.6 is 0 Å². The maximum Gasteiger partial charge on any atom is 0.305 e. The fourth-order valence-electron chi connectivity index (χ4n) is 10.3. The molecule has 0 rings (SSSR count). The number of esters is 1. The van der Waals surface area contributed by atoms with Crippen LogP contribution in [0.25, 0.3) is 0 Å². The van der Waals surface area contributed by atoms with Crippen LogP contribution in [0.2, 0.25) is 0 Å². The number of rotatable bonds is 61. The molecule has 2 unspecified atom stereocenters. The van der Waals surface area contributed by atoms with E-state index < -0.39 is 12.1 Å². The predicted molar refractivity (Wildman–Crippen MR) is 310 cm³/mol. The summed E-state index contributed by atoms with van der Waals surface area (Å²) < 4.78 is 5.47. The number of aliphatic hydroxyl groups excluding tert-OH is 2. The number of hydrogen-bond acceptors (Lipinski definition) is 5. The minimum absolute atomic E-state index is 0.0130. The van der Waals surface area contributed by atoms with Crippen molar-refractivity contribution in [3.8, 4) is 0 Å². The van der Waals surface area contributed by atoms with E-state index in [0.29, 0.717) is 25.9 Å². The zero-order valence-corrected chi connectivity index (χ0v) is 48.2. The topological polar surface area (TPSA) is 95.9 Å². The van der Waals surface area contributed by atoms with Crippen molar-refractivity contribution in [3.05, 3.63) is 12.2 Å². The lowest BCUT2D eigenvalue weighted by atomic mass is 10.0. The SMILES string of the molecule is CCCCCCCCCCCCCCCCCCCCCC(O)C(CO)NC(=O)CCCCCCCCCC/C=C\CCCCCCCCCCCCCCOC(=O)CCCCCCCCCCCCC. The number of unbranched alkanes of at least 4 members (excludes halogenated alkanes) is 48. The quantitative estimate of drug-likeness (QED) is 0.0320. The molecule has 0 aliphatic rings. The molecule has 0 aliphatic heterocycles. The predicted octanol–water partition coefficient (Wildman–Crippen LogP) is 20.4. The molecule has 0 fully saturated rings. The molecule has 0 saturated heterocycles. The Morgan fingerprint density at radius 3 is 1.00 bits per heavy atom. The molecule has 2 atom stereocenters. The van der Waals surface area contributed by atoms with Gasteiger partial charge in [0.1, 0.15) is 0 Å². The molecular weight excluding hydrogens is 875 g/mol. The van der Waals surface area contributed by atoms with E-state index in [1.807, 2.05) is 0 Å². The zero-order chi connectivity index (χ0) is 51.4. The number of nitrogens with one attached hydrogen (secondary N) is 1. The smallest absolute Gasteiger partial charge is 0.305 e. The van der Waals surface area contributed by atoms with Crippen molar-refractivity contribution >= 4 is 11.9 Å². The average Bonchev–Trinajstić information content (AvgIpc) is 3.37. The van der Waals surface area contributed by atoms with E-state index in [1.165, 1.54) is 295 Å². The Hall–Kier alpha value is -1.40. The number of amides is 1. The van der Waals surface area contributed by atoms with Crippen LogP contribution in [-0.4, -0.2) is 47.4 Å². The van der Waals surface area contributed by atoms with Crippen molar-refractivity contribution < 1.29 is 24.5 Å². The van der Waals surface area contributed by atoms with Crippen LogP contribution in [0.15, 0.2) is 12.2 Å². The molecule has 0 spiro atoms. The highest BCUT2D eigenvalue weighted by atomic mass is 16.5. The van der Waals surface area contributed by atoms with Gasteiger partial charge >= 0.3 is 5.97 Å². The lowest BCUT2D eigenvalue weighted by molar-refractivity contribution is -0.143. The molecule has 0 heterocycles. The van der Waals surface area contributed by atoms with Gasteiger partial charge in [-0.1, -0.05) is 315 Å². The van der Waals surface area contributed by atoms with E-state index in [-0.39, 0.29) is 18.5 Å². The van der Waals surface area contributed by atoms with Gasteiger partial charge in [0, 0.05) is 12.8 Å². The summed E-state index contributed by atoms with van der Waals surface area (Å²) in [4.78, 5) is 24.5. The van der Waals surface area contributed by atoms with Gasteiger partial charge in [0.15, 0.2) is 0 Å². The number of carbonyl (C=O) groups excluding carboxylic acids is 2. The summed E-state index contributed by atoms with van der Waals surface area (Å²) >= 11 is 0. The third kappa shape index (κ3) is 57.7. The fourth-order valence-corrected chi connectivity index (χ4v) is 10.3. The zero-order valence-electron chi connectivity index (χ0n) is 48.2. The van der Waals surface area contributed by atoms with Gasteiger partial charge in [0.2, 0.25) is 5.91 Å². The molecule has 0 saturated carbocycles. The van der Waals surface area contributed by atoms with E-state index in [2.05, 4.69) is 31.3 Å². The number of hydrogen-bond donors (Lipinski definition) is 3. The second-order valence-electron chi connectivity index (χ2n) is 22.5. The summed E-state index contributed by atoms with van der Waals surface area (Å²) in [7, 11) is 0. The number of ether oxygens (including phenoxy) is 1. The molecule has 0 aromatic carbocycles. The fraction of sp³-hybridized carbons (Fsp3) is 0.938. The van der Waals surface area contributed by atoms with Crippen LogP contribution in [0.1, 0.15) is 367 Å². The second kappa shape index (κ2) is 61.1. The van der Waals surface area contributed by atoms with Gasteiger partial charge in [-0.25, -0.2) is 0 Å². The Balaban J connectivity index is 3.40. The molecule has 0 aromatic rings. The summed E-state index contributed by atoms with van der Waals surface area (Å²) in [6.07, 6.45) is 73.7. The van der Waals surface area contributed by atoms with Gasteiger partial charge in [-0.3, -0.25) is 9.59 Å². The van der Waals surface area contributed by atoms with Crippen molar-refractivity contribution in [2.75, 3.05) is 13.2 Å². The molecule has 71 heavy (non-hydrogen) atoms. The Labute approximate surface area is 444 Å². The molecule has 0 radical (unpaired) electrons. The first-order valence-electron chi connectivity index (χ1n) is 32.4. The second-order valence-corrected chi connectivity index (χ2v) is 22.5. The first-order chi connectivity index (χ1) is 35.0. The summed E-state index contributed by atoms with van der Waals surface area (Å²) in [6, 6.07) is -0.544. The first-order valence-corrected chi connectivity index (χ1v) is 32.4. The first kappa shape index (κ1) is 69.6. The summed E-state index contributed by atoms with van der Waals surface area (Å²) in [5, 5.41) is 23.4. The minimum atomic E-state index is -0.667. The standard InChI is InChI=1S/C65H127NO5/c1-3-5-7-9-11-13-15-16-17-18-25-28-31-34-38-41-45-49-53-57-63(68)62(61-67)66-64(69)58-54-50-46-42-39-35-32-29-26-23-21-19-20-22-24-27-30-33-36-40-44-48-52-56-60-71-65(70)59-55-51-47-43-37-14-12-10-8-6-4-2/h21,23,62-63,67-68H,3-20,22,24-61H2,1-2H3,(H,66,69)/b23-21-.